The van der Waals surface area contributed by atoms with Gasteiger partial charge < -0.3 is 14.8 Å². The van der Waals surface area contributed by atoms with Gasteiger partial charge in [0.15, 0.2) is 5.82 Å². The molecule has 2 rings (SSSR count). The molecular weight excluding hydrogens is 238 g/mol. The van der Waals surface area contributed by atoms with Crippen LogP contribution in [0.25, 0.3) is 11.5 Å². The van der Waals surface area contributed by atoms with E-state index in [2.05, 4.69) is 9.97 Å². The second kappa shape index (κ2) is 4.28. The summed E-state index contributed by atoms with van der Waals surface area (Å²) in [6, 6.07) is 2.87. The van der Waals surface area contributed by atoms with E-state index in [0.29, 0.717) is 11.5 Å². The fourth-order valence-corrected chi connectivity index (χ4v) is 1.50. The predicted molar refractivity (Wildman–Crippen MR) is 60.4 cm³/mol. The molecule has 0 unspecified atom stereocenters. The number of pyridine rings is 1. The van der Waals surface area contributed by atoms with Crippen LogP contribution in [0.2, 0.25) is 0 Å². The van der Waals surface area contributed by atoms with Gasteiger partial charge in [0.2, 0.25) is 0 Å². The molecular formula is C11H9N3O4. The van der Waals surface area contributed by atoms with Crippen molar-refractivity contribution in [2.45, 2.75) is 0 Å². The van der Waals surface area contributed by atoms with Gasteiger partial charge in [-0.2, -0.15) is 0 Å². The zero-order chi connectivity index (χ0) is 13.3. The van der Waals surface area contributed by atoms with Crippen LogP contribution in [0.5, 0.6) is 0 Å². The fourth-order valence-electron chi connectivity index (χ4n) is 1.50. The van der Waals surface area contributed by atoms with Crippen molar-refractivity contribution >= 4 is 11.9 Å². The summed E-state index contributed by atoms with van der Waals surface area (Å²) in [5.41, 5.74) is 0.510. The Hall–Kier alpha value is -2.70. The van der Waals surface area contributed by atoms with Gasteiger partial charge in [0.1, 0.15) is 11.4 Å². The maximum Gasteiger partial charge on any atom is 0.354 e. The van der Waals surface area contributed by atoms with Crippen molar-refractivity contribution in [3.05, 3.63) is 35.8 Å². The normalized spacial score (nSPS) is 10.3. The zero-order valence-electron chi connectivity index (χ0n) is 9.36. The number of hydrogen-bond acceptors (Lipinski definition) is 4. The summed E-state index contributed by atoms with van der Waals surface area (Å²) in [5, 5.41) is 17.6. The van der Waals surface area contributed by atoms with Gasteiger partial charge in [-0.25, -0.2) is 14.6 Å². The van der Waals surface area contributed by atoms with Crippen LogP contribution in [0.1, 0.15) is 20.8 Å². The van der Waals surface area contributed by atoms with Crippen LogP contribution in [0.4, 0.5) is 0 Å². The van der Waals surface area contributed by atoms with Crippen molar-refractivity contribution < 1.29 is 19.8 Å². The highest BCUT2D eigenvalue weighted by Gasteiger charge is 2.15. The molecule has 2 aromatic rings. The number of carbonyl (C=O) groups is 2. The van der Waals surface area contributed by atoms with Gasteiger partial charge >= 0.3 is 11.9 Å². The Morgan fingerprint density at radius 1 is 1.11 bits per heavy atom. The minimum Gasteiger partial charge on any atom is -0.478 e. The van der Waals surface area contributed by atoms with E-state index in [0.717, 1.165) is 0 Å². The highest BCUT2D eigenvalue weighted by molar-refractivity contribution is 5.88. The first kappa shape index (κ1) is 11.8. The van der Waals surface area contributed by atoms with E-state index >= 15 is 0 Å². The molecule has 0 saturated carbocycles. The summed E-state index contributed by atoms with van der Waals surface area (Å²) >= 11 is 0. The van der Waals surface area contributed by atoms with E-state index in [1.54, 1.807) is 7.05 Å². The van der Waals surface area contributed by atoms with Crippen LogP contribution in [0.3, 0.4) is 0 Å². The number of aromatic carboxylic acids is 2. The summed E-state index contributed by atoms with van der Waals surface area (Å²) < 4.78 is 1.38. The smallest absolute Gasteiger partial charge is 0.354 e. The van der Waals surface area contributed by atoms with Crippen molar-refractivity contribution in [3.63, 3.8) is 0 Å². The number of nitrogens with zero attached hydrogens (tertiary/aromatic N) is 3. The van der Waals surface area contributed by atoms with Crippen molar-refractivity contribution in [3.8, 4) is 11.5 Å². The lowest BCUT2D eigenvalue weighted by atomic mass is 10.2. The number of carboxylic acids is 2. The lowest BCUT2D eigenvalue weighted by Crippen LogP contribution is -2.06. The van der Waals surface area contributed by atoms with E-state index in [1.165, 1.54) is 29.1 Å². The van der Waals surface area contributed by atoms with Crippen molar-refractivity contribution in [1.29, 1.82) is 0 Å². The summed E-state index contributed by atoms with van der Waals surface area (Å²) in [7, 11) is 1.55. The molecule has 0 fully saturated rings. The second-order valence-electron chi connectivity index (χ2n) is 3.57. The lowest BCUT2D eigenvalue weighted by Gasteiger charge is -2.02. The topological polar surface area (TPSA) is 105 Å². The van der Waals surface area contributed by atoms with Gasteiger partial charge in [0, 0.05) is 13.2 Å². The minimum atomic E-state index is -1.08. The van der Waals surface area contributed by atoms with E-state index in [1.807, 2.05) is 0 Å². The molecule has 2 heterocycles. The standard InChI is InChI=1S/C11H9N3O4/c1-14-8(11(17)18)5-13-9(14)7-3-2-6(4-12-7)10(15)16/h2-5H,1H3,(H,15,16)(H,17,18). The van der Waals surface area contributed by atoms with Gasteiger partial charge in [-0.1, -0.05) is 0 Å². The predicted octanol–water partition coefficient (Wildman–Crippen LogP) is 0.878. The van der Waals surface area contributed by atoms with Gasteiger partial charge in [0.25, 0.3) is 0 Å². The number of hydrogen-bond donors (Lipinski definition) is 2. The molecule has 0 aliphatic heterocycles. The maximum absolute atomic E-state index is 10.9. The van der Waals surface area contributed by atoms with Crippen LogP contribution in [0, 0.1) is 0 Å². The average molecular weight is 247 g/mol. The highest BCUT2D eigenvalue weighted by atomic mass is 16.4. The molecule has 0 radical (unpaired) electrons. The largest absolute Gasteiger partial charge is 0.478 e. The Labute approximate surface area is 101 Å². The van der Waals surface area contributed by atoms with Crippen LogP contribution in [-0.2, 0) is 7.05 Å². The Bertz CT molecular complexity index is 616. The molecule has 0 amide bonds. The van der Waals surface area contributed by atoms with Gasteiger partial charge in [-0.15, -0.1) is 0 Å². The molecule has 7 nitrogen and oxygen atoms in total. The van der Waals surface area contributed by atoms with E-state index in [4.69, 9.17) is 10.2 Å². The lowest BCUT2D eigenvalue weighted by molar-refractivity contribution is 0.0680. The Morgan fingerprint density at radius 2 is 1.83 bits per heavy atom. The minimum absolute atomic E-state index is 0.0362. The first-order valence-electron chi connectivity index (χ1n) is 4.95. The molecule has 2 aromatic heterocycles. The van der Waals surface area contributed by atoms with E-state index in [9.17, 15) is 9.59 Å². The molecule has 2 N–H and O–H groups in total. The maximum atomic E-state index is 10.9. The highest BCUT2D eigenvalue weighted by Crippen LogP contribution is 2.16. The number of aromatic nitrogens is 3. The SMILES string of the molecule is Cn1c(C(=O)O)cnc1-c1ccc(C(=O)O)cn1. The van der Waals surface area contributed by atoms with Crippen molar-refractivity contribution in [1.82, 2.24) is 14.5 Å². The van der Waals surface area contributed by atoms with E-state index < -0.39 is 11.9 Å². The third kappa shape index (κ3) is 1.93. The molecule has 0 atom stereocenters. The van der Waals surface area contributed by atoms with E-state index in [-0.39, 0.29) is 11.3 Å². The van der Waals surface area contributed by atoms with Crippen molar-refractivity contribution in [2.75, 3.05) is 0 Å². The van der Waals surface area contributed by atoms with Crippen LogP contribution < -0.4 is 0 Å². The molecule has 0 aromatic carbocycles. The van der Waals surface area contributed by atoms with Gasteiger partial charge in [-0.05, 0) is 12.1 Å². The summed E-state index contributed by atoms with van der Waals surface area (Å²) in [4.78, 5) is 29.4. The third-order valence-electron chi connectivity index (χ3n) is 2.45. The monoisotopic (exact) mass is 247 g/mol. The quantitative estimate of drug-likeness (QED) is 0.833. The number of rotatable bonds is 3. The van der Waals surface area contributed by atoms with Gasteiger partial charge in [-0.3, -0.25) is 4.98 Å². The van der Waals surface area contributed by atoms with Gasteiger partial charge in [0.05, 0.1) is 11.8 Å². The Morgan fingerprint density at radius 3 is 2.28 bits per heavy atom. The molecule has 18 heavy (non-hydrogen) atoms. The number of imidazole rings is 1. The Kier molecular flexibility index (Phi) is 2.80. The zero-order valence-corrected chi connectivity index (χ0v) is 9.36. The molecule has 0 aliphatic carbocycles. The first-order valence-corrected chi connectivity index (χ1v) is 4.95. The average Bonchev–Trinajstić information content (AvgIpc) is 2.71. The summed E-state index contributed by atoms with van der Waals surface area (Å²) in [5.74, 6) is -1.79. The summed E-state index contributed by atoms with van der Waals surface area (Å²) in [6.45, 7) is 0. The third-order valence-corrected chi connectivity index (χ3v) is 2.45. The van der Waals surface area contributed by atoms with Crippen LogP contribution >= 0.6 is 0 Å². The second-order valence-corrected chi connectivity index (χ2v) is 3.57. The molecule has 7 heteroatoms. The molecule has 0 saturated heterocycles. The Balaban J connectivity index is 2.43. The van der Waals surface area contributed by atoms with Crippen LogP contribution in [-0.4, -0.2) is 36.7 Å². The molecule has 0 bridgehead atoms. The molecule has 0 spiro atoms. The number of carboxylic acid groups (broad SMARTS) is 2. The summed E-state index contributed by atoms with van der Waals surface area (Å²) in [6.07, 6.45) is 2.43. The molecule has 92 valence electrons. The van der Waals surface area contributed by atoms with Crippen molar-refractivity contribution in [2.24, 2.45) is 7.05 Å². The van der Waals surface area contributed by atoms with Crippen LogP contribution in [0.15, 0.2) is 24.5 Å². The first-order chi connectivity index (χ1) is 8.50. The molecule has 0 aliphatic rings. The fraction of sp³-hybridized carbons (Fsp3) is 0.0909.